The minimum atomic E-state index is 0.101. The van der Waals surface area contributed by atoms with Gasteiger partial charge in [-0.3, -0.25) is 9.78 Å². The minimum Gasteiger partial charge on any atom is -0.356 e. The Morgan fingerprint density at radius 2 is 2.22 bits per heavy atom. The van der Waals surface area contributed by atoms with E-state index in [-0.39, 0.29) is 5.91 Å². The highest BCUT2D eigenvalue weighted by atomic mass is 79.9. The van der Waals surface area contributed by atoms with Crippen molar-refractivity contribution in [2.24, 2.45) is 5.92 Å². The molecule has 0 radical (unpaired) electrons. The van der Waals surface area contributed by atoms with Crippen LogP contribution in [0.25, 0.3) is 0 Å². The molecule has 1 amide bonds. The van der Waals surface area contributed by atoms with Gasteiger partial charge in [0, 0.05) is 42.9 Å². The zero-order valence-electron chi connectivity index (χ0n) is 10.9. The number of amides is 1. The van der Waals surface area contributed by atoms with Gasteiger partial charge in [0.1, 0.15) is 0 Å². The van der Waals surface area contributed by atoms with E-state index in [4.69, 9.17) is 0 Å². The molecule has 0 atom stereocenters. The highest BCUT2D eigenvalue weighted by molar-refractivity contribution is 9.10. The summed E-state index contributed by atoms with van der Waals surface area (Å²) in [6.45, 7) is 6.31. The van der Waals surface area contributed by atoms with Gasteiger partial charge in [-0.1, -0.05) is 13.8 Å². The lowest BCUT2D eigenvalue weighted by atomic mass is 10.2. The van der Waals surface area contributed by atoms with E-state index in [1.165, 1.54) is 0 Å². The van der Waals surface area contributed by atoms with Gasteiger partial charge < -0.3 is 10.6 Å². The maximum absolute atomic E-state index is 11.4. The summed E-state index contributed by atoms with van der Waals surface area (Å²) >= 11 is 3.37. The Morgan fingerprint density at radius 3 is 2.89 bits per heavy atom. The topological polar surface area (TPSA) is 54.0 Å². The molecule has 0 aliphatic rings. The third kappa shape index (κ3) is 6.71. The highest BCUT2D eigenvalue weighted by Gasteiger charge is 2.01. The Hall–Kier alpha value is -0.940. The fourth-order valence-corrected chi connectivity index (χ4v) is 1.81. The quantitative estimate of drug-likeness (QED) is 0.758. The van der Waals surface area contributed by atoms with Gasteiger partial charge in [0.2, 0.25) is 5.91 Å². The number of carbonyl (C=O) groups is 1. The van der Waals surface area contributed by atoms with Crippen molar-refractivity contribution in [1.82, 2.24) is 15.6 Å². The number of rotatable bonds is 7. The van der Waals surface area contributed by atoms with Crippen molar-refractivity contribution < 1.29 is 4.79 Å². The summed E-state index contributed by atoms with van der Waals surface area (Å²) < 4.78 is 0.969. The number of carbonyl (C=O) groups excluding carboxylic acids is 1. The van der Waals surface area contributed by atoms with Crippen LogP contribution in [0, 0.1) is 5.92 Å². The first-order valence-electron chi connectivity index (χ1n) is 6.14. The van der Waals surface area contributed by atoms with Crippen molar-refractivity contribution >= 4 is 21.8 Å². The molecule has 0 saturated carbocycles. The zero-order chi connectivity index (χ0) is 13.4. The molecule has 5 heteroatoms. The molecule has 4 nitrogen and oxygen atoms in total. The third-order valence-corrected chi connectivity index (χ3v) is 2.76. The molecule has 0 spiro atoms. The minimum absolute atomic E-state index is 0.101. The maximum atomic E-state index is 11.4. The van der Waals surface area contributed by atoms with Crippen LogP contribution in [0.2, 0.25) is 0 Å². The number of halogens is 1. The normalized spacial score (nSPS) is 10.7. The summed E-state index contributed by atoms with van der Waals surface area (Å²) in [5.74, 6) is 0.596. The van der Waals surface area contributed by atoms with Crippen LogP contribution < -0.4 is 10.6 Å². The Balaban J connectivity index is 2.13. The maximum Gasteiger partial charge on any atom is 0.221 e. The fraction of sp³-hybridized carbons (Fsp3) is 0.538. The molecule has 1 rings (SSSR count). The summed E-state index contributed by atoms with van der Waals surface area (Å²) in [5.41, 5.74) is 1.10. The third-order valence-electron chi connectivity index (χ3n) is 2.33. The first-order chi connectivity index (χ1) is 8.58. The molecule has 18 heavy (non-hydrogen) atoms. The smallest absolute Gasteiger partial charge is 0.221 e. The number of hydrogen-bond acceptors (Lipinski definition) is 3. The van der Waals surface area contributed by atoms with Crippen LogP contribution >= 0.6 is 15.9 Å². The van der Waals surface area contributed by atoms with Crippen LogP contribution in [-0.4, -0.2) is 24.0 Å². The van der Waals surface area contributed by atoms with E-state index in [1.807, 2.05) is 12.3 Å². The Kier molecular flexibility index (Phi) is 6.90. The summed E-state index contributed by atoms with van der Waals surface area (Å²) in [7, 11) is 0. The van der Waals surface area contributed by atoms with Crippen molar-refractivity contribution in [1.29, 1.82) is 0 Å². The molecular weight excluding hydrogens is 294 g/mol. The number of hydrogen-bond donors (Lipinski definition) is 2. The lowest BCUT2D eigenvalue weighted by Crippen LogP contribution is -2.30. The van der Waals surface area contributed by atoms with Crippen LogP contribution in [0.3, 0.4) is 0 Å². The van der Waals surface area contributed by atoms with Gasteiger partial charge in [0.25, 0.3) is 0 Å². The first kappa shape index (κ1) is 15.1. The molecule has 1 aromatic heterocycles. The molecule has 0 fully saturated rings. The molecule has 1 heterocycles. The monoisotopic (exact) mass is 313 g/mol. The van der Waals surface area contributed by atoms with Gasteiger partial charge in [-0.05, 0) is 33.5 Å². The summed E-state index contributed by atoms with van der Waals surface area (Å²) in [4.78, 5) is 15.5. The fourth-order valence-electron chi connectivity index (χ4n) is 1.39. The molecule has 100 valence electrons. The summed E-state index contributed by atoms with van der Waals surface area (Å²) in [6, 6.07) is 2.01. The molecule has 0 aliphatic carbocycles. The molecule has 2 N–H and O–H groups in total. The molecule has 0 bridgehead atoms. The summed E-state index contributed by atoms with van der Waals surface area (Å²) in [6.07, 6.45) is 4.08. The Labute approximate surface area is 117 Å². The second-order valence-electron chi connectivity index (χ2n) is 4.64. The molecule has 0 saturated heterocycles. The number of nitrogens with one attached hydrogen (secondary N) is 2. The lowest BCUT2D eigenvalue weighted by Gasteiger charge is -2.08. The van der Waals surface area contributed by atoms with Gasteiger partial charge in [-0.15, -0.1) is 0 Å². The molecule has 0 aromatic carbocycles. The van der Waals surface area contributed by atoms with E-state index in [0.29, 0.717) is 18.9 Å². The van der Waals surface area contributed by atoms with Crippen LogP contribution in [-0.2, 0) is 11.3 Å². The van der Waals surface area contributed by atoms with Gasteiger partial charge in [0.15, 0.2) is 0 Å². The predicted octanol–water partition coefficient (Wildman–Crippen LogP) is 2.10. The largest absolute Gasteiger partial charge is 0.356 e. The Morgan fingerprint density at radius 1 is 1.44 bits per heavy atom. The van der Waals surface area contributed by atoms with E-state index >= 15 is 0 Å². The van der Waals surface area contributed by atoms with Crippen molar-refractivity contribution in [2.75, 3.05) is 13.1 Å². The van der Waals surface area contributed by atoms with Gasteiger partial charge >= 0.3 is 0 Å². The van der Waals surface area contributed by atoms with E-state index in [2.05, 4.69) is 45.4 Å². The van der Waals surface area contributed by atoms with E-state index < -0.39 is 0 Å². The van der Waals surface area contributed by atoms with Crippen LogP contribution in [0.5, 0.6) is 0 Å². The lowest BCUT2D eigenvalue weighted by molar-refractivity contribution is -0.121. The molecule has 1 aromatic rings. The zero-order valence-corrected chi connectivity index (χ0v) is 12.5. The predicted molar refractivity (Wildman–Crippen MR) is 76.1 cm³/mol. The average molecular weight is 314 g/mol. The van der Waals surface area contributed by atoms with Gasteiger partial charge in [-0.2, -0.15) is 0 Å². The standard InChI is InChI=1S/C13H20BrN3O/c1-10(2)6-17-13(18)3-4-15-7-11-5-12(14)9-16-8-11/h5,8-10,15H,3-4,6-7H2,1-2H3,(H,17,18). The van der Waals surface area contributed by atoms with E-state index in [0.717, 1.165) is 23.1 Å². The van der Waals surface area contributed by atoms with Crippen LogP contribution in [0.15, 0.2) is 22.9 Å². The highest BCUT2D eigenvalue weighted by Crippen LogP contribution is 2.08. The van der Waals surface area contributed by atoms with Crippen LogP contribution in [0.4, 0.5) is 0 Å². The average Bonchev–Trinajstić information content (AvgIpc) is 2.32. The van der Waals surface area contributed by atoms with E-state index in [1.54, 1.807) is 6.20 Å². The SMILES string of the molecule is CC(C)CNC(=O)CCNCc1cncc(Br)c1. The number of nitrogens with zero attached hydrogens (tertiary/aromatic N) is 1. The number of aromatic nitrogens is 1. The van der Waals surface area contributed by atoms with Gasteiger partial charge in [0.05, 0.1) is 0 Å². The molecular formula is C13H20BrN3O. The molecule has 0 aliphatic heterocycles. The second-order valence-corrected chi connectivity index (χ2v) is 5.55. The van der Waals surface area contributed by atoms with Crippen molar-refractivity contribution in [3.63, 3.8) is 0 Å². The van der Waals surface area contributed by atoms with Crippen LogP contribution in [0.1, 0.15) is 25.8 Å². The van der Waals surface area contributed by atoms with Crippen molar-refractivity contribution in [3.8, 4) is 0 Å². The summed E-state index contributed by atoms with van der Waals surface area (Å²) in [5, 5.41) is 6.12. The molecule has 0 unspecified atom stereocenters. The Bertz CT molecular complexity index is 382. The van der Waals surface area contributed by atoms with Crippen molar-refractivity contribution in [2.45, 2.75) is 26.8 Å². The second kappa shape index (κ2) is 8.21. The number of pyridine rings is 1. The van der Waals surface area contributed by atoms with E-state index in [9.17, 15) is 4.79 Å². The van der Waals surface area contributed by atoms with Gasteiger partial charge in [-0.25, -0.2) is 0 Å². The van der Waals surface area contributed by atoms with Crippen molar-refractivity contribution in [3.05, 3.63) is 28.5 Å². The first-order valence-corrected chi connectivity index (χ1v) is 6.94.